The lowest BCUT2D eigenvalue weighted by atomic mass is 9.94. The summed E-state index contributed by atoms with van der Waals surface area (Å²) < 4.78 is 0. The normalized spacial score (nSPS) is 26.2. The van der Waals surface area contributed by atoms with Gasteiger partial charge in [0.2, 0.25) is 0 Å². The number of rotatable bonds is 3. The Hall–Kier alpha value is -1.02. The third-order valence-corrected chi connectivity index (χ3v) is 5.42. The van der Waals surface area contributed by atoms with Crippen molar-refractivity contribution in [2.24, 2.45) is 5.92 Å². The average Bonchev–Trinajstić information content (AvgIpc) is 3.10. The first-order valence-corrected chi connectivity index (χ1v) is 8.22. The van der Waals surface area contributed by atoms with Crippen LogP contribution in [0, 0.1) is 12.8 Å². The summed E-state index contributed by atoms with van der Waals surface area (Å²) >= 11 is 0. The third kappa shape index (κ3) is 2.58. The topological polar surface area (TPSA) is 23.5 Å². The summed E-state index contributed by atoms with van der Waals surface area (Å²) in [6, 6.07) is 7.07. The molecule has 0 amide bonds. The first-order valence-electron chi connectivity index (χ1n) is 8.22. The molecular formula is C18H27NO. The van der Waals surface area contributed by atoms with Crippen molar-refractivity contribution in [3.8, 4) is 5.75 Å². The Bertz CT molecular complexity index is 464. The Labute approximate surface area is 122 Å². The summed E-state index contributed by atoms with van der Waals surface area (Å²) in [5.41, 5.74) is 2.34. The monoisotopic (exact) mass is 273 g/mol. The summed E-state index contributed by atoms with van der Waals surface area (Å²) in [5, 5.41) is 10.2. The van der Waals surface area contributed by atoms with Gasteiger partial charge in [-0.15, -0.1) is 0 Å². The molecule has 1 aliphatic carbocycles. The van der Waals surface area contributed by atoms with E-state index < -0.39 is 0 Å². The molecule has 2 unspecified atom stereocenters. The molecule has 2 nitrogen and oxygen atoms in total. The van der Waals surface area contributed by atoms with Crippen molar-refractivity contribution >= 4 is 0 Å². The third-order valence-electron chi connectivity index (χ3n) is 5.42. The maximum absolute atomic E-state index is 10.2. The van der Waals surface area contributed by atoms with Gasteiger partial charge in [-0.1, -0.05) is 30.5 Å². The number of phenolic OH excluding ortho intramolecular Hbond substituents is 1. The molecule has 1 saturated carbocycles. The van der Waals surface area contributed by atoms with E-state index in [1.165, 1.54) is 50.6 Å². The molecule has 2 aliphatic rings. The quantitative estimate of drug-likeness (QED) is 0.881. The summed E-state index contributed by atoms with van der Waals surface area (Å²) in [7, 11) is 0. The molecule has 110 valence electrons. The lowest BCUT2D eigenvalue weighted by Gasteiger charge is -2.35. The van der Waals surface area contributed by atoms with Gasteiger partial charge in [0.1, 0.15) is 5.75 Å². The zero-order valence-electron chi connectivity index (χ0n) is 12.8. The highest BCUT2D eigenvalue weighted by molar-refractivity contribution is 5.38. The molecule has 0 spiro atoms. The van der Waals surface area contributed by atoms with Gasteiger partial charge in [0.05, 0.1) is 0 Å². The highest BCUT2D eigenvalue weighted by Crippen LogP contribution is 2.40. The Balaban J connectivity index is 1.81. The van der Waals surface area contributed by atoms with Crippen molar-refractivity contribution in [3.05, 3.63) is 29.3 Å². The lowest BCUT2D eigenvalue weighted by molar-refractivity contribution is 0.142. The Morgan fingerprint density at radius 2 is 1.90 bits per heavy atom. The van der Waals surface area contributed by atoms with E-state index in [-0.39, 0.29) is 0 Å². The van der Waals surface area contributed by atoms with E-state index in [0.717, 1.165) is 17.5 Å². The number of hydrogen-bond acceptors (Lipinski definition) is 2. The predicted octanol–water partition coefficient (Wildman–Crippen LogP) is 4.42. The Morgan fingerprint density at radius 1 is 1.15 bits per heavy atom. The van der Waals surface area contributed by atoms with Gasteiger partial charge in [0.15, 0.2) is 0 Å². The van der Waals surface area contributed by atoms with Gasteiger partial charge in [0.25, 0.3) is 0 Å². The fourth-order valence-electron chi connectivity index (χ4n) is 4.33. The molecule has 1 aliphatic heterocycles. The Morgan fingerprint density at radius 3 is 2.65 bits per heavy atom. The maximum Gasteiger partial charge on any atom is 0.120 e. The fraction of sp³-hybridized carbons (Fsp3) is 0.667. The molecule has 1 aromatic carbocycles. The predicted molar refractivity (Wildman–Crippen MR) is 82.9 cm³/mol. The van der Waals surface area contributed by atoms with E-state index in [0.29, 0.717) is 11.8 Å². The van der Waals surface area contributed by atoms with Gasteiger partial charge >= 0.3 is 0 Å². The minimum atomic E-state index is 0.336. The number of likely N-dealkylation sites (tertiary alicyclic amines) is 1. The molecule has 3 rings (SSSR count). The molecule has 2 fully saturated rings. The molecule has 0 radical (unpaired) electrons. The molecule has 0 bridgehead atoms. The zero-order chi connectivity index (χ0) is 14.1. The smallest absolute Gasteiger partial charge is 0.120 e. The van der Waals surface area contributed by atoms with Crippen LogP contribution in [-0.4, -0.2) is 22.6 Å². The van der Waals surface area contributed by atoms with Crippen molar-refractivity contribution < 1.29 is 5.11 Å². The first kappa shape index (κ1) is 13.9. The van der Waals surface area contributed by atoms with Gasteiger partial charge in [-0.2, -0.15) is 0 Å². The molecular weight excluding hydrogens is 246 g/mol. The van der Waals surface area contributed by atoms with Gasteiger partial charge < -0.3 is 5.11 Å². The van der Waals surface area contributed by atoms with Crippen LogP contribution in [0.2, 0.25) is 0 Å². The second kappa shape index (κ2) is 5.77. The lowest BCUT2D eigenvalue weighted by Crippen LogP contribution is -2.36. The summed E-state index contributed by atoms with van der Waals surface area (Å²) in [6.07, 6.45) is 8.32. The SMILES string of the molecule is Cc1ccc(O)c(C(C)N2CCCC2C2CCCC2)c1. The molecule has 1 N–H and O–H groups in total. The van der Waals surface area contributed by atoms with Crippen LogP contribution in [0.4, 0.5) is 0 Å². The number of aryl methyl sites for hydroxylation is 1. The molecule has 0 aromatic heterocycles. The number of nitrogens with zero attached hydrogens (tertiary/aromatic N) is 1. The summed E-state index contributed by atoms with van der Waals surface area (Å²) in [4.78, 5) is 2.66. The summed E-state index contributed by atoms with van der Waals surface area (Å²) in [6.45, 7) is 5.56. The standard InChI is InChI=1S/C18H27NO/c1-13-9-10-18(20)16(12-13)14(2)19-11-5-8-17(19)15-6-3-4-7-15/h9-10,12,14-15,17,20H,3-8,11H2,1-2H3. The van der Waals surface area contributed by atoms with Gasteiger partial charge in [-0.05, 0) is 58.1 Å². The van der Waals surface area contributed by atoms with E-state index in [4.69, 9.17) is 0 Å². The van der Waals surface area contributed by atoms with Crippen molar-refractivity contribution in [2.75, 3.05) is 6.54 Å². The largest absolute Gasteiger partial charge is 0.508 e. The fourth-order valence-corrected chi connectivity index (χ4v) is 4.33. The average molecular weight is 273 g/mol. The van der Waals surface area contributed by atoms with Crippen LogP contribution >= 0.6 is 0 Å². The van der Waals surface area contributed by atoms with Crippen LogP contribution in [0.15, 0.2) is 18.2 Å². The van der Waals surface area contributed by atoms with E-state index in [2.05, 4.69) is 24.8 Å². The number of phenols is 1. The van der Waals surface area contributed by atoms with E-state index in [1.54, 1.807) is 0 Å². The summed E-state index contributed by atoms with van der Waals surface area (Å²) in [5.74, 6) is 1.35. The molecule has 1 aromatic rings. The van der Waals surface area contributed by atoms with Crippen LogP contribution in [0.5, 0.6) is 5.75 Å². The Kier molecular flexibility index (Phi) is 4.02. The van der Waals surface area contributed by atoms with E-state index >= 15 is 0 Å². The second-order valence-electron chi connectivity index (χ2n) is 6.73. The van der Waals surface area contributed by atoms with E-state index in [1.807, 2.05) is 12.1 Å². The van der Waals surface area contributed by atoms with Crippen molar-refractivity contribution in [1.82, 2.24) is 4.90 Å². The number of hydrogen-bond donors (Lipinski definition) is 1. The highest BCUT2D eigenvalue weighted by atomic mass is 16.3. The molecule has 1 heterocycles. The first-order chi connectivity index (χ1) is 9.66. The molecule has 2 atom stereocenters. The highest BCUT2D eigenvalue weighted by Gasteiger charge is 2.36. The van der Waals surface area contributed by atoms with Crippen LogP contribution in [0.3, 0.4) is 0 Å². The van der Waals surface area contributed by atoms with Gasteiger partial charge in [-0.25, -0.2) is 0 Å². The molecule has 20 heavy (non-hydrogen) atoms. The van der Waals surface area contributed by atoms with Crippen LogP contribution < -0.4 is 0 Å². The maximum atomic E-state index is 10.2. The van der Waals surface area contributed by atoms with E-state index in [9.17, 15) is 5.11 Å². The minimum absolute atomic E-state index is 0.336. The minimum Gasteiger partial charge on any atom is -0.508 e. The van der Waals surface area contributed by atoms with Crippen LogP contribution in [0.1, 0.15) is 62.6 Å². The number of benzene rings is 1. The zero-order valence-corrected chi connectivity index (χ0v) is 12.8. The van der Waals surface area contributed by atoms with Crippen molar-refractivity contribution in [1.29, 1.82) is 0 Å². The van der Waals surface area contributed by atoms with Gasteiger partial charge in [0, 0.05) is 17.6 Å². The number of aromatic hydroxyl groups is 1. The van der Waals surface area contributed by atoms with Crippen molar-refractivity contribution in [2.45, 2.75) is 64.5 Å². The van der Waals surface area contributed by atoms with Crippen LogP contribution in [-0.2, 0) is 0 Å². The van der Waals surface area contributed by atoms with Gasteiger partial charge in [-0.3, -0.25) is 4.90 Å². The molecule has 2 heteroatoms. The second-order valence-corrected chi connectivity index (χ2v) is 6.73. The molecule has 1 saturated heterocycles. The van der Waals surface area contributed by atoms with Crippen LogP contribution in [0.25, 0.3) is 0 Å². The van der Waals surface area contributed by atoms with Crippen molar-refractivity contribution in [3.63, 3.8) is 0 Å².